The Hall–Kier alpha value is -2.71. The van der Waals surface area contributed by atoms with Crippen LogP contribution < -0.4 is 4.90 Å². The molecule has 1 unspecified atom stereocenters. The zero-order valence-electron chi connectivity index (χ0n) is 16.4. The maximum absolute atomic E-state index is 13.3. The minimum absolute atomic E-state index is 0.0241. The van der Waals surface area contributed by atoms with Gasteiger partial charge in [-0.05, 0) is 53.8 Å². The Labute approximate surface area is 179 Å². The number of benzene rings is 2. The number of carbonyl (C=O) groups excluding carboxylic acids is 2. The molecule has 1 atom stereocenters. The van der Waals surface area contributed by atoms with E-state index in [0.29, 0.717) is 24.1 Å². The van der Waals surface area contributed by atoms with Gasteiger partial charge in [-0.1, -0.05) is 41.9 Å². The van der Waals surface area contributed by atoms with Gasteiger partial charge in [0.15, 0.2) is 5.78 Å². The Kier molecular flexibility index (Phi) is 4.92. The fourth-order valence-corrected chi connectivity index (χ4v) is 4.82. The molecule has 5 heteroatoms. The third-order valence-electron chi connectivity index (χ3n) is 5.65. The van der Waals surface area contributed by atoms with Crippen LogP contribution in [0.5, 0.6) is 0 Å². The first-order valence-electron chi connectivity index (χ1n) is 9.64. The minimum atomic E-state index is -0.228. The Bertz CT molecular complexity index is 1080. The van der Waals surface area contributed by atoms with Gasteiger partial charge in [0.1, 0.15) is 0 Å². The van der Waals surface area contributed by atoms with Crippen molar-refractivity contribution in [2.45, 2.75) is 39.0 Å². The molecule has 4 nitrogen and oxygen atoms in total. The molecule has 4 rings (SSSR count). The molecule has 2 aromatic carbocycles. The molecule has 0 saturated heterocycles. The summed E-state index contributed by atoms with van der Waals surface area (Å²) in [4.78, 5) is 28.2. The van der Waals surface area contributed by atoms with E-state index >= 15 is 0 Å². The lowest BCUT2D eigenvalue weighted by Gasteiger charge is -2.43. The third-order valence-corrected chi connectivity index (χ3v) is 6.14. The molecule has 0 N–H and O–H groups in total. The van der Waals surface area contributed by atoms with Crippen LogP contribution in [0.15, 0.2) is 64.3 Å². The Morgan fingerprint density at radius 2 is 1.83 bits per heavy atom. The smallest absolute Gasteiger partial charge is 0.232 e. The highest BCUT2D eigenvalue weighted by Crippen LogP contribution is 2.48. The molecule has 0 saturated carbocycles. The van der Waals surface area contributed by atoms with Crippen LogP contribution in [-0.2, 0) is 9.59 Å². The number of nitrogens with zero attached hydrogens (tertiary/aromatic N) is 2. The number of anilines is 1. The molecule has 2 aliphatic rings. The molecule has 0 spiro atoms. The van der Waals surface area contributed by atoms with Crippen molar-refractivity contribution in [1.82, 2.24) is 0 Å². The van der Waals surface area contributed by atoms with Gasteiger partial charge in [-0.15, -0.1) is 0 Å². The summed E-state index contributed by atoms with van der Waals surface area (Å²) in [6.07, 6.45) is 1.39. The van der Waals surface area contributed by atoms with E-state index in [-0.39, 0.29) is 29.4 Å². The zero-order valence-corrected chi connectivity index (χ0v) is 18.0. The molecule has 29 heavy (non-hydrogen) atoms. The quantitative estimate of drug-likeness (QED) is 0.610. The van der Waals surface area contributed by atoms with Crippen LogP contribution in [0.2, 0.25) is 0 Å². The van der Waals surface area contributed by atoms with Crippen molar-refractivity contribution >= 4 is 33.3 Å². The Morgan fingerprint density at radius 1 is 1.10 bits per heavy atom. The second-order valence-corrected chi connectivity index (χ2v) is 9.42. The van der Waals surface area contributed by atoms with Crippen LogP contribution in [0.1, 0.15) is 50.2 Å². The first-order valence-corrected chi connectivity index (χ1v) is 10.4. The van der Waals surface area contributed by atoms with Gasteiger partial charge >= 0.3 is 0 Å². The highest BCUT2D eigenvalue weighted by atomic mass is 79.9. The average molecular weight is 449 g/mol. The summed E-state index contributed by atoms with van der Waals surface area (Å²) in [5, 5.41) is 9.08. The summed E-state index contributed by atoms with van der Waals surface area (Å²) >= 11 is 3.50. The molecule has 0 aromatic heterocycles. The van der Waals surface area contributed by atoms with E-state index in [0.717, 1.165) is 21.3 Å². The topological polar surface area (TPSA) is 61.2 Å². The van der Waals surface area contributed by atoms with Crippen LogP contribution in [0, 0.1) is 16.7 Å². The summed E-state index contributed by atoms with van der Waals surface area (Å²) in [6.45, 7) is 4.14. The number of amides is 1. The van der Waals surface area contributed by atoms with Crippen molar-refractivity contribution in [3.8, 4) is 6.07 Å². The van der Waals surface area contributed by atoms with Crippen molar-refractivity contribution in [3.05, 3.63) is 75.4 Å². The first kappa shape index (κ1) is 19.6. The predicted octanol–water partition coefficient (Wildman–Crippen LogP) is 5.48. The van der Waals surface area contributed by atoms with Gasteiger partial charge in [-0.2, -0.15) is 5.26 Å². The Morgan fingerprint density at radius 3 is 2.48 bits per heavy atom. The van der Waals surface area contributed by atoms with E-state index < -0.39 is 0 Å². The second kappa shape index (κ2) is 7.27. The second-order valence-electron chi connectivity index (χ2n) is 8.50. The largest absolute Gasteiger partial charge is 0.294 e. The molecule has 1 aliphatic heterocycles. The molecule has 146 valence electrons. The maximum atomic E-state index is 13.3. The molecule has 1 aliphatic carbocycles. The average Bonchev–Trinajstić information content (AvgIpc) is 2.66. The van der Waals surface area contributed by atoms with Gasteiger partial charge in [-0.3, -0.25) is 14.5 Å². The fourth-order valence-electron chi connectivity index (χ4n) is 4.41. The molecule has 0 fully saturated rings. The van der Waals surface area contributed by atoms with E-state index in [1.54, 1.807) is 29.2 Å². The summed E-state index contributed by atoms with van der Waals surface area (Å²) in [5.74, 6) is -0.135. The van der Waals surface area contributed by atoms with Crippen LogP contribution in [0.25, 0.3) is 0 Å². The van der Waals surface area contributed by atoms with Crippen molar-refractivity contribution in [2.24, 2.45) is 5.41 Å². The highest BCUT2D eigenvalue weighted by molar-refractivity contribution is 9.10. The molecule has 1 amide bonds. The van der Waals surface area contributed by atoms with E-state index in [1.165, 1.54) is 0 Å². The van der Waals surface area contributed by atoms with Crippen molar-refractivity contribution in [2.75, 3.05) is 4.90 Å². The number of nitriles is 1. The summed E-state index contributed by atoms with van der Waals surface area (Å²) in [5.41, 5.74) is 3.58. The van der Waals surface area contributed by atoms with Crippen LogP contribution >= 0.6 is 15.9 Å². The number of hydrogen-bond donors (Lipinski definition) is 0. The predicted molar refractivity (Wildman–Crippen MR) is 115 cm³/mol. The van der Waals surface area contributed by atoms with Gasteiger partial charge in [0.05, 0.1) is 11.6 Å². The maximum Gasteiger partial charge on any atom is 0.232 e. The molecular formula is C24H21BrN2O2. The first-order chi connectivity index (χ1) is 13.8. The van der Waals surface area contributed by atoms with Crippen LogP contribution in [0.3, 0.4) is 0 Å². The van der Waals surface area contributed by atoms with Gasteiger partial charge < -0.3 is 0 Å². The van der Waals surface area contributed by atoms with Gasteiger partial charge in [0.25, 0.3) is 0 Å². The number of carbonyl (C=O) groups is 2. The van der Waals surface area contributed by atoms with Crippen molar-refractivity contribution < 1.29 is 9.59 Å². The fraction of sp³-hybridized carbons (Fsp3) is 0.292. The normalized spacial score (nSPS) is 21.0. The number of allylic oxidation sites excluding steroid dienone is 2. The molecular weight excluding hydrogens is 428 g/mol. The van der Waals surface area contributed by atoms with E-state index in [1.807, 2.05) is 24.3 Å². The van der Waals surface area contributed by atoms with E-state index in [9.17, 15) is 9.59 Å². The monoisotopic (exact) mass is 448 g/mol. The van der Waals surface area contributed by atoms with Crippen molar-refractivity contribution in [1.29, 1.82) is 5.26 Å². The lowest BCUT2D eigenvalue weighted by atomic mass is 9.69. The van der Waals surface area contributed by atoms with E-state index in [4.69, 9.17) is 5.26 Å². The molecule has 0 radical (unpaired) electrons. The number of Topliss-reactive ketones (excluding diaryl/α,β-unsaturated/α-hetero) is 1. The molecule has 1 heterocycles. The SMILES string of the molecule is CC1(C)CC(=O)C2=C(C1)N(c1ccc(C#N)cc1)C(=O)CC2c1cccc(Br)c1. The van der Waals surface area contributed by atoms with Crippen LogP contribution in [-0.4, -0.2) is 11.7 Å². The summed E-state index contributed by atoms with van der Waals surface area (Å²) < 4.78 is 0.933. The molecule has 2 aromatic rings. The van der Waals surface area contributed by atoms with Crippen molar-refractivity contribution in [3.63, 3.8) is 0 Å². The lowest BCUT2D eigenvalue weighted by molar-refractivity contribution is -0.121. The number of ketones is 1. The zero-order chi connectivity index (χ0) is 20.8. The lowest BCUT2D eigenvalue weighted by Crippen LogP contribution is -2.43. The van der Waals surface area contributed by atoms with Gasteiger partial charge in [0.2, 0.25) is 5.91 Å². The summed E-state index contributed by atoms with van der Waals surface area (Å²) in [7, 11) is 0. The van der Waals surface area contributed by atoms with Crippen LogP contribution in [0.4, 0.5) is 5.69 Å². The van der Waals surface area contributed by atoms with E-state index in [2.05, 4.69) is 35.8 Å². The Balaban J connectivity index is 1.88. The summed E-state index contributed by atoms with van der Waals surface area (Å²) in [6, 6.07) is 16.9. The number of halogens is 1. The number of hydrogen-bond acceptors (Lipinski definition) is 3. The molecule has 0 bridgehead atoms. The van der Waals surface area contributed by atoms with Gasteiger partial charge in [0, 0.05) is 40.2 Å². The highest BCUT2D eigenvalue weighted by Gasteiger charge is 2.44. The minimum Gasteiger partial charge on any atom is -0.294 e. The third kappa shape index (κ3) is 3.65. The standard InChI is InChI=1S/C24H21BrN2O2/c1-24(2)12-20-23(21(28)13-24)19(16-4-3-5-17(25)10-16)11-22(29)27(20)18-8-6-15(14-26)7-9-18/h3-10,19H,11-13H2,1-2H3. The van der Waals surface area contributed by atoms with Gasteiger partial charge in [-0.25, -0.2) is 0 Å². The number of rotatable bonds is 2.